The van der Waals surface area contributed by atoms with E-state index in [1.54, 1.807) is 5.51 Å². The number of amides is 1. The zero-order valence-corrected chi connectivity index (χ0v) is 11.1. The van der Waals surface area contributed by atoms with Gasteiger partial charge in [0.1, 0.15) is 0 Å². The van der Waals surface area contributed by atoms with Crippen molar-refractivity contribution in [2.75, 3.05) is 11.9 Å². The molecule has 100 valence electrons. The molecule has 0 atom stereocenters. The highest BCUT2D eigenvalue weighted by atomic mass is 32.1. The fourth-order valence-corrected chi connectivity index (χ4v) is 2.06. The molecule has 0 radical (unpaired) electrons. The van der Waals surface area contributed by atoms with E-state index in [0.717, 1.165) is 5.69 Å². The molecule has 0 unspecified atom stereocenters. The molecule has 2 N–H and O–H groups in total. The molecular formula is C12H13FN4OS. The lowest BCUT2D eigenvalue weighted by Crippen LogP contribution is -2.24. The summed E-state index contributed by atoms with van der Waals surface area (Å²) < 4.78 is 14.0. The van der Waals surface area contributed by atoms with Crippen LogP contribution in [0.4, 0.5) is 10.2 Å². The van der Waals surface area contributed by atoms with Crippen molar-refractivity contribution in [3.63, 3.8) is 0 Å². The number of hydrogen-bond acceptors (Lipinski definition) is 5. The molecule has 0 aliphatic rings. The highest BCUT2D eigenvalue weighted by Gasteiger charge is 2.15. The van der Waals surface area contributed by atoms with Crippen molar-refractivity contribution < 1.29 is 9.18 Å². The number of rotatable bonds is 5. The predicted molar refractivity (Wildman–Crippen MR) is 71.6 cm³/mol. The van der Waals surface area contributed by atoms with Crippen molar-refractivity contribution in [2.45, 2.75) is 13.5 Å². The summed E-state index contributed by atoms with van der Waals surface area (Å²) in [6.45, 7) is 2.64. The van der Waals surface area contributed by atoms with Crippen molar-refractivity contribution in [3.8, 4) is 0 Å². The largest absolute Gasteiger partial charge is 0.368 e. The molecule has 0 aromatic carbocycles. The average Bonchev–Trinajstić information content (AvgIpc) is 2.92. The zero-order valence-electron chi connectivity index (χ0n) is 10.3. The van der Waals surface area contributed by atoms with Crippen LogP contribution in [0.1, 0.15) is 23.0 Å². The van der Waals surface area contributed by atoms with E-state index in [1.165, 1.54) is 23.6 Å². The van der Waals surface area contributed by atoms with Gasteiger partial charge < -0.3 is 10.6 Å². The fraction of sp³-hybridized carbons (Fsp3) is 0.250. The summed E-state index contributed by atoms with van der Waals surface area (Å²) in [6.07, 6.45) is 1.40. The second kappa shape index (κ2) is 6.24. The monoisotopic (exact) mass is 280 g/mol. The molecule has 19 heavy (non-hydrogen) atoms. The number of anilines is 1. The summed E-state index contributed by atoms with van der Waals surface area (Å²) in [5.41, 5.74) is 2.40. The third-order valence-electron chi connectivity index (χ3n) is 2.39. The van der Waals surface area contributed by atoms with Gasteiger partial charge in [-0.2, -0.15) is 0 Å². The van der Waals surface area contributed by atoms with Gasteiger partial charge in [0.2, 0.25) is 0 Å². The van der Waals surface area contributed by atoms with Gasteiger partial charge in [-0.25, -0.2) is 14.4 Å². The first-order valence-corrected chi connectivity index (χ1v) is 6.70. The van der Waals surface area contributed by atoms with E-state index in [4.69, 9.17) is 0 Å². The highest BCUT2D eigenvalue weighted by Crippen LogP contribution is 2.14. The van der Waals surface area contributed by atoms with Crippen LogP contribution in [0.3, 0.4) is 0 Å². The molecule has 0 aliphatic heterocycles. The van der Waals surface area contributed by atoms with Crippen LogP contribution >= 0.6 is 11.3 Å². The summed E-state index contributed by atoms with van der Waals surface area (Å²) in [5.74, 6) is -1.03. The van der Waals surface area contributed by atoms with Crippen LogP contribution < -0.4 is 10.6 Å². The topological polar surface area (TPSA) is 66.9 Å². The molecule has 5 nitrogen and oxygen atoms in total. The lowest BCUT2D eigenvalue weighted by atomic mass is 10.2. The van der Waals surface area contributed by atoms with Crippen LogP contribution in [0.2, 0.25) is 0 Å². The normalized spacial score (nSPS) is 10.2. The predicted octanol–water partition coefficient (Wildman–Crippen LogP) is 2.04. The van der Waals surface area contributed by atoms with E-state index in [2.05, 4.69) is 20.6 Å². The number of nitrogens with zero attached hydrogens (tertiary/aromatic N) is 2. The molecule has 7 heteroatoms. The maximum Gasteiger partial charge on any atom is 0.254 e. The number of carbonyl (C=O) groups excluding carboxylic acids is 1. The van der Waals surface area contributed by atoms with Gasteiger partial charge >= 0.3 is 0 Å². The molecule has 0 saturated carbocycles. The fourth-order valence-electron chi connectivity index (χ4n) is 1.50. The van der Waals surface area contributed by atoms with Gasteiger partial charge in [0.25, 0.3) is 5.91 Å². The molecule has 0 saturated heterocycles. The van der Waals surface area contributed by atoms with E-state index in [0.29, 0.717) is 6.54 Å². The average molecular weight is 280 g/mol. The Kier molecular flexibility index (Phi) is 4.40. The minimum Gasteiger partial charge on any atom is -0.368 e. The van der Waals surface area contributed by atoms with E-state index in [1.807, 2.05) is 12.3 Å². The van der Waals surface area contributed by atoms with Crippen molar-refractivity contribution in [1.29, 1.82) is 0 Å². The summed E-state index contributed by atoms with van der Waals surface area (Å²) in [5, 5.41) is 7.21. The Balaban J connectivity index is 2.08. The zero-order chi connectivity index (χ0) is 13.7. The van der Waals surface area contributed by atoms with E-state index in [9.17, 15) is 9.18 Å². The van der Waals surface area contributed by atoms with E-state index < -0.39 is 11.7 Å². The molecule has 0 aliphatic carbocycles. The quantitative estimate of drug-likeness (QED) is 0.879. The number of aromatic nitrogens is 2. The minimum atomic E-state index is -0.639. The number of hydrogen-bond donors (Lipinski definition) is 2. The Hall–Kier alpha value is -2.02. The van der Waals surface area contributed by atoms with Crippen LogP contribution in [0.25, 0.3) is 0 Å². The number of thiazole rings is 1. The van der Waals surface area contributed by atoms with Gasteiger partial charge in [0.05, 0.1) is 23.3 Å². The first kappa shape index (κ1) is 13.4. The van der Waals surface area contributed by atoms with Crippen molar-refractivity contribution in [1.82, 2.24) is 15.3 Å². The first-order chi connectivity index (χ1) is 9.22. The lowest BCUT2D eigenvalue weighted by Gasteiger charge is -2.08. The number of nitrogens with one attached hydrogen (secondary N) is 2. The molecule has 2 heterocycles. The smallest absolute Gasteiger partial charge is 0.254 e. The standard InChI is InChI=1S/C12H13FN4OS/c1-2-14-11-10(13)9(3-4-15-11)12(18)16-5-8-6-19-7-17-8/h3-4,6-7H,2,5H2,1H3,(H,14,15)(H,16,18). The number of halogens is 1. The summed E-state index contributed by atoms with van der Waals surface area (Å²) in [4.78, 5) is 19.8. The number of pyridine rings is 1. The second-order valence-electron chi connectivity index (χ2n) is 3.71. The Labute approximate surface area is 113 Å². The van der Waals surface area contributed by atoms with Gasteiger partial charge in [0.15, 0.2) is 11.6 Å². The Morgan fingerprint density at radius 1 is 1.47 bits per heavy atom. The molecule has 0 bridgehead atoms. The van der Waals surface area contributed by atoms with Crippen LogP contribution in [-0.4, -0.2) is 22.4 Å². The second-order valence-corrected chi connectivity index (χ2v) is 4.43. The van der Waals surface area contributed by atoms with Crippen molar-refractivity contribution in [3.05, 3.63) is 40.2 Å². The third-order valence-corrected chi connectivity index (χ3v) is 3.03. The van der Waals surface area contributed by atoms with E-state index in [-0.39, 0.29) is 17.9 Å². The molecule has 1 amide bonds. The van der Waals surface area contributed by atoms with Gasteiger partial charge in [-0.15, -0.1) is 11.3 Å². The highest BCUT2D eigenvalue weighted by molar-refractivity contribution is 7.07. The Morgan fingerprint density at radius 2 is 2.32 bits per heavy atom. The maximum absolute atomic E-state index is 14.0. The van der Waals surface area contributed by atoms with Crippen molar-refractivity contribution in [2.24, 2.45) is 0 Å². The lowest BCUT2D eigenvalue weighted by molar-refractivity contribution is 0.0946. The first-order valence-electron chi connectivity index (χ1n) is 5.76. The van der Waals surface area contributed by atoms with Crippen LogP contribution in [0.5, 0.6) is 0 Å². The molecule has 2 aromatic heterocycles. The van der Waals surface area contributed by atoms with E-state index >= 15 is 0 Å². The summed E-state index contributed by atoms with van der Waals surface area (Å²) >= 11 is 1.44. The molecule has 2 rings (SSSR count). The van der Waals surface area contributed by atoms with Gasteiger partial charge in [0, 0.05) is 18.1 Å². The molecular weight excluding hydrogens is 267 g/mol. The minimum absolute atomic E-state index is 0.0267. The summed E-state index contributed by atoms with van der Waals surface area (Å²) in [7, 11) is 0. The molecule has 2 aromatic rings. The Morgan fingerprint density at radius 3 is 3.00 bits per heavy atom. The van der Waals surface area contributed by atoms with Gasteiger partial charge in [-0.3, -0.25) is 4.79 Å². The van der Waals surface area contributed by atoms with Crippen molar-refractivity contribution >= 4 is 23.1 Å². The van der Waals surface area contributed by atoms with Gasteiger partial charge in [-0.05, 0) is 13.0 Å². The van der Waals surface area contributed by atoms with Crippen LogP contribution in [0.15, 0.2) is 23.2 Å². The molecule has 0 spiro atoms. The number of carbonyl (C=O) groups is 1. The molecule has 0 fully saturated rings. The maximum atomic E-state index is 14.0. The Bertz CT molecular complexity index is 559. The van der Waals surface area contributed by atoms with Crippen LogP contribution in [-0.2, 0) is 6.54 Å². The van der Waals surface area contributed by atoms with Gasteiger partial charge in [-0.1, -0.05) is 0 Å². The summed E-state index contributed by atoms with van der Waals surface area (Å²) in [6, 6.07) is 1.35. The SMILES string of the molecule is CCNc1nccc(C(=O)NCc2cscn2)c1F. The third kappa shape index (κ3) is 3.25. The van der Waals surface area contributed by atoms with Crippen LogP contribution in [0, 0.1) is 5.82 Å².